The monoisotopic (exact) mass is 283 g/mol. The van der Waals surface area contributed by atoms with Gasteiger partial charge in [0.25, 0.3) is 0 Å². The first kappa shape index (κ1) is 16.4. The van der Waals surface area contributed by atoms with Gasteiger partial charge in [0, 0.05) is 0 Å². The van der Waals surface area contributed by atoms with Gasteiger partial charge in [-0.05, 0) is 57.0 Å². The minimum absolute atomic E-state index is 0.261. The third-order valence-corrected chi connectivity index (χ3v) is 3.64. The molecule has 0 saturated carbocycles. The zero-order valence-electron chi connectivity index (χ0n) is 12.2. The summed E-state index contributed by atoms with van der Waals surface area (Å²) < 4.78 is 18.6. The van der Waals surface area contributed by atoms with Gasteiger partial charge >= 0.3 is 5.97 Å². The summed E-state index contributed by atoms with van der Waals surface area (Å²) in [5.41, 5.74) is -0.367. The molecule has 0 fully saturated rings. The molecule has 20 heavy (non-hydrogen) atoms. The molecule has 0 aliphatic heterocycles. The second kappa shape index (κ2) is 7.24. The van der Waals surface area contributed by atoms with Gasteiger partial charge in [-0.1, -0.05) is 6.92 Å². The number of nitrogens with one attached hydrogen (secondary N) is 1. The number of benzene rings is 1. The Morgan fingerprint density at radius 1 is 1.50 bits per heavy atom. The minimum Gasteiger partial charge on any atom is -0.494 e. The smallest absolute Gasteiger partial charge is 0.323 e. The van der Waals surface area contributed by atoms with Gasteiger partial charge < -0.3 is 15.2 Å². The first-order valence-electron chi connectivity index (χ1n) is 6.76. The molecule has 0 aliphatic carbocycles. The fourth-order valence-electron chi connectivity index (χ4n) is 2.11. The molecular formula is C15H22FNO3. The number of hydrogen-bond acceptors (Lipinski definition) is 3. The molecule has 0 aromatic heterocycles. The molecule has 1 aromatic rings. The third kappa shape index (κ3) is 3.93. The zero-order valence-corrected chi connectivity index (χ0v) is 12.2. The number of halogens is 1. The normalized spacial score (nSPS) is 13.8. The van der Waals surface area contributed by atoms with Crippen LogP contribution in [-0.4, -0.2) is 30.3 Å². The van der Waals surface area contributed by atoms with Gasteiger partial charge in [0.1, 0.15) is 17.1 Å². The number of hydrogen-bond donors (Lipinski definition) is 2. The van der Waals surface area contributed by atoms with Crippen LogP contribution in [0.2, 0.25) is 0 Å². The Bertz CT molecular complexity index is 458. The maximum absolute atomic E-state index is 13.1. The van der Waals surface area contributed by atoms with E-state index >= 15 is 0 Å². The Morgan fingerprint density at radius 3 is 2.70 bits per heavy atom. The van der Waals surface area contributed by atoms with Crippen molar-refractivity contribution in [2.24, 2.45) is 0 Å². The van der Waals surface area contributed by atoms with Crippen molar-refractivity contribution in [3.05, 3.63) is 29.6 Å². The summed E-state index contributed by atoms with van der Waals surface area (Å²) in [5, 5.41) is 12.1. The number of likely N-dealkylation sites (N-methyl/N-ethyl adjacent to an activating group) is 1. The molecule has 0 bridgehead atoms. The van der Waals surface area contributed by atoms with Gasteiger partial charge in [0.05, 0.1) is 6.61 Å². The first-order chi connectivity index (χ1) is 9.45. The van der Waals surface area contributed by atoms with Crippen LogP contribution >= 0.6 is 0 Å². The van der Waals surface area contributed by atoms with Crippen molar-refractivity contribution in [3.63, 3.8) is 0 Å². The fraction of sp³-hybridized carbons (Fsp3) is 0.533. The first-order valence-corrected chi connectivity index (χ1v) is 6.76. The molecule has 1 atom stereocenters. The molecule has 4 nitrogen and oxygen atoms in total. The van der Waals surface area contributed by atoms with Gasteiger partial charge in [-0.15, -0.1) is 0 Å². The van der Waals surface area contributed by atoms with E-state index in [0.29, 0.717) is 37.2 Å². The molecular weight excluding hydrogens is 261 g/mol. The van der Waals surface area contributed by atoms with E-state index in [0.717, 1.165) is 0 Å². The summed E-state index contributed by atoms with van der Waals surface area (Å²) in [5.74, 6) is -0.505. The number of carbonyl (C=O) groups is 1. The summed E-state index contributed by atoms with van der Waals surface area (Å²) in [6.45, 7) is 3.92. The highest BCUT2D eigenvalue weighted by Crippen LogP contribution is 2.19. The Hall–Kier alpha value is -1.62. The lowest BCUT2D eigenvalue weighted by molar-refractivity contribution is -0.145. The fourth-order valence-corrected chi connectivity index (χ4v) is 2.11. The molecule has 0 amide bonds. The van der Waals surface area contributed by atoms with E-state index in [2.05, 4.69) is 5.32 Å². The lowest BCUT2D eigenvalue weighted by Crippen LogP contribution is -2.50. The van der Waals surface area contributed by atoms with E-state index in [1.807, 2.05) is 6.92 Å². The molecule has 5 heteroatoms. The van der Waals surface area contributed by atoms with Crippen molar-refractivity contribution in [3.8, 4) is 5.75 Å². The van der Waals surface area contributed by atoms with Crippen molar-refractivity contribution < 1.29 is 19.0 Å². The maximum Gasteiger partial charge on any atom is 0.323 e. The molecule has 0 radical (unpaired) electrons. The van der Waals surface area contributed by atoms with E-state index < -0.39 is 11.5 Å². The highest BCUT2D eigenvalue weighted by atomic mass is 19.1. The maximum atomic E-state index is 13.1. The minimum atomic E-state index is -0.901. The second-order valence-corrected chi connectivity index (χ2v) is 4.85. The van der Waals surface area contributed by atoms with Crippen LogP contribution in [0.15, 0.2) is 18.2 Å². The number of aliphatic carboxylic acids is 1. The van der Waals surface area contributed by atoms with Gasteiger partial charge in [-0.2, -0.15) is 0 Å². The van der Waals surface area contributed by atoms with Gasteiger partial charge in [-0.3, -0.25) is 4.79 Å². The quantitative estimate of drug-likeness (QED) is 0.720. The summed E-state index contributed by atoms with van der Waals surface area (Å²) in [6, 6.07) is 4.58. The third-order valence-electron chi connectivity index (χ3n) is 3.64. The number of carboxylic acid groups (broad SMARTS) is 1. The number of ether oxygens (including phenoxy) is 1. The second-order valence-electron chi connectivity index (χ2n) is 4.85. The van der Waals surface area contributed by atoms with Crippen LogP contribution < -0.4 is 10.1 Å². The predicted octanol–water partition coefficient (Wildman–Crippen LogP) is 2.75. The van der Waals surface area contributed by atoms with Crippen molar-refractivity contribution in [2.75, 3.05) is 13.7 Å². The van der Waals surface area contributed by atoms with E-state index in [1.54, 1.807) is 26.1 Å². The number of carboxylic acids is 1. The van der Waals surface area contributed by atoms with E-state index in [1.165, 1.54) is 6.07 Å². The lowest BCUT2D eigenvalue weighted by atomic mass is 9.91. The molecule has 1 unspecified atom stereocenters. The molecule has 1 aromatic carbocycles. The van der Waals surface area contributed by atoms with Gasteiger partial charge in [0.15, 0.2) is 0 Å². The van der Waals surface area contributed by atoms with E-state index in [9.17, 15) is 14.3 Å². The van der Waals surface area contributed by atoms with Crippen molar-refractivity contribution in [1.29, 1.82) is 0 Å². The van der Waals surface area contributed by atoms with Gasteiger partial charge in [0.2, 0.25) is 0 Å². The summed E-state index contributed by atoms with van der Waals surface area (Å²) in [4.78, 5) is 11.3. The topological polar surface area (TPSA) is 58.6 Å². The Labute approximate surface area is 119 Å². The van der Waals surface area contributed by atoms with E-state index in [4.69, 9.17) is 4.74 Å². The standard InChI is InChI=1S/C15H22FNO3/c1-4-15(17-3,14(18)19)8-5-9-20-12-6-7-13(16)11(2)10-12/h6-7,10,17H,4-5,8-9H2,1-3H3,(H,18,19). The summed E-state index contributed by atoms with van der Waals surface area (Å²) in [6.07, 6.45) is 1.60. The SMILES string of the molecule is CCC(CCCOc1ccc(F)c(C)c1)(NC)C(=O)O. The molecule has 1 rings (SSSR count). The number of rotatable bonds is 8. The lowest BCUT2D eigenvalue weighted by Gasteiger charge is -2.27. The Balaban J connectivity index is 2.48. The predicted molar refractivity (Wildman–Crippen MR) is 75.6 cm³/mol. The molecule has 0 aliphatic rings. The summed E-state index contributed by atoms with van der Waals surface area (Å²) >= 11 is 0. The van der Waals surface area contributed by atoms with Crippen LogP contribution in [0.25, 0.3) is 0 Å². The van der Waals surface area contributed by atoms with Gasteiger partial charge in [-0.25, -0.2) is 4.39 Å². The largest absolute Gasteiger partial charge is 0.494 e. The van der Waals surface area contributed by atoms with Crippen LogP contribution in [0.3, 0.4) is 0 Å². The highest BCUT2D eigenvalue weighted by molar-refractivity contribution is 5.78. The average Bonchev–Trinajstić information content (AvgIpc) is 2.43. The molecule has 0 spiro atoms. The highest BCUT2D eigenvalue weighted by Gasteiger charge is 2.34. The molecule has 0 heterocycles. The van der Waals surface area contributed by atoms with Crippen LogP contribution in [-0.2, 0) is 4.79 Å². The molecule has 2 N–H and O–H groups in total. The van der Waals surface area contributed by atoms with E-state index in [-0.39, 0.29) is 5.82 Å². The van der Waals surface area contributed by atoms with Crippen LogP contribution in [0, 0.1) is 12.7 Å². The summed E-state index contributed by atoms with van der Waals surface area (Å²) in [7, 11) is 1.65. The van der Waals surface area contributed by atoms with Crippen LogP contribution in [0.1, 0.15) is 31.7 Å². The van der Waals surface area contributed by atoms with Crippen LogP contribution in [0.4, 0.5) is 4.39 Å². The number of aryl methyl sites for hydroxylation is 1. The molecule has 0 saturated heterocycles. The Morgan fingerprint density at radius 2 is 2.20 bits per heavy atom. The van der Waals surface area contributed by atoms with Crippen molar-refractivity contribution >= 4 is 5.97 Å². The van der Waals surface area contributed by atoms with Crippen LogP contribution in [0.5, 0.6) is 5.75 Å². The molecule has 112 valence electrons. The van der Waals surface area contributed by atoms with Crippen molar-refractivity contribution in [2.45, 2.75) is 38.6 Å². The Kier molecular flexibility index (Phi) is 5.95. The average molecular weight is 283 g/mol. The van der Waals surface area contributed by atoms with Crippen molar-refractivity contribution in [1.82, 2.24) is 5.32 Å². The zero-order chi connectivity index (χ0) is 15.2.